The van der Waals surface area contributed by atoms with Crippen molar-refractivity contribution in [2.24, 2.45) is 0 Å². The summed E-state index contributed by atoms with van der Waals surface area (Å²) in [6.07, 6.45) is 1.84. The number of aromatic nitrogens is 1. The molecule has 248 valence electrons. The second-order valence-corrected chi connectivity index (χ2v) is 10.3. The van der Waals surface area contributed by atoms with Gasteiger partial charge in [-0.15, -0.1) is 0 Å². The molecule has 1 atom stereocenters. The fraction of sp³-hybridized carbons (Fsp3) is 0.679. The molecule has 1 fully saturated rings. The Morgan fingerprint density at radius 1 is 0.727 bits per heavy atom. The van der Waals surface area contributed by atoms with Crippen molar-refractivity contribution >= 4 is 23.9 Å². The van der Waals surface area contributed by atoms with E-state index >= 15 is 0 Å². The smallest absolute Gasteiger partial charge is 0.317 e. The number of carbonyl (C=O) groups is 4. The first-order valence-corrected chi connectivity index (χ1v) is 14.6. The van der Waals surface area contributed by atoms with Gasteiger partial charge in [-0.1, -0.05) is 0 Å². The van der Waals surface area contributed by atoms with E-state index in [4.69, 9.17) is 14.2 Å². The Labute approximate surface area is 256 Å². The van der Waals surface area contributed by atoms with Crippen molar-refractivity contribution in [1.82, 2.24) is 24.6 Å². The van der Waals surface area contributed by atoms with Gasteiger partial charge in [0.25, 0.3) is 0 Å². The molecule has 0 amide bonds. The molecule has 2 rings (SSSR count). The van der Waals surface area contributed by atoms with Gasteiger partial charge in [0.05, 0.1) is 52.2 Å². The third-order valence-electron chi connectivity index (χ3n) is 6.88. The lowest BCUT2D eigenvalue weighted by atomic mass is 10.1. The standard InChI is InChI=1S/C28H45N5O11/c1-2-42-11-12-43-13-14-44-24-4-3-22(29-16-24)15-23-17-32(20-27(38)39)8-7-30(18-25(34)35)5-6-31(19-26(36)37)9-10-33(23)21-28(40)41/h3-4,16,23H,2,5-15,17-21H2,1H3,(H,34,35)(H,36,37)(H,38,39)(H,40,41)/t23-/m0/s1. The van der Waals surface area contributed by atoms with Crippen LogP contribution < -0.4 is 4.74 Å². The Morgan fingerprint density at radius 3 is 1.80 bits per heavy atom. The van der Waals surface area contributed by atoms with Crippen LogP contribution in [0.4, 0.5) is 0 Å². The fourth-order valence-electron chi connectivity index (χ4n) is 4.80. The van der Waals surface area contributed by atoms with Crippen LogP contribution in [0.3, 0.4) is 0 Å². The van der Waals surface area contributed by atoms with Gasteiger partial charge in [-0.25, -0.2) is 0 Å². The van der Waals surface area contributed by atoms with Crippen LogP contribution in [0.25, 0.3) is 0 Å². The lowest BCUT2D eigenvalue weighted by molar-refractivity contribution is -0.142. The van der Waals surface area contributed by atoms with Crippen LogP contribution in [0.1, 0.15) is 12.6 Å². The molecule has 16 heteroatoms. The maximum absolute atomic E-state index is 11.9. The number of hydrogen-bond acceptors (Lipinski definition) is 12. The summed E-state index contributed by atoms with van der Waals surface area (Å²) in [4.78, 5) is 57.7. The minimum absolute atomic E-state index is 0.165. The number of ether oxygens (including phenoxy) is 3. The van der Waals surface area contributed by atoms with E-state index in [-0.39, 0.29) is 78.4 Å². The minimum Gasteiger partial charge on any atom is -0.490 e. The second kappa shape index (κ2) is 20.5. The van der Waals surface area contributed by atoms with Crippen LogP contribution in [0.2, 0.25) is 0 Å². The van der Waals surface area contributed by atoms with E-state index in [1.807, 2.05) is 6.92 Å². The normalized spacial score (nSPS) is 18.2. The average Bonchev–Trinajstić information content (AvgIpc) is 2.94. The van der Waals surface area contributed by atoms with Crippen LogP contribution in [0.15, 0.2) is 18.3 Å². The van der Waals surface area contributed by atoms with Crippen LogP contribution in [-0.4, -0.2) is 180 Å². The van der Waals surface area contributed by atoms with Gasteiger partial charge >= 0.3 is 23.9 Å². The maximum atomic E-state index is 11.9. The largest absolute Gasteiger partial charge is 0.490 e. The van der Waals surface area contributed by atoms with E-state index in [1.165, 1.54) is 0 Å². The monoisotopic (exact) mass is 627 g/mol. The Bertz CT molecular complexity index is 1030. The topological polar surface area (TPSA) is 203 Å². The Kier molecular flexibility index (Phi) is 17.2. The zero-order chi connectivity index (χ0) is 32.3. The van der Waals surface area contributed by atoms with Crippen molar-refractivity contribution in [2.45, 2.75) is 19.4 Å². The van der Waals surface area contributed by atoms with Gasteiger partial charge in [-0.2, -0.15) is 0 Å². The number of rotatable bonds is 18. The molecule has 2 heterocycles. The Hall–Kier alpha value is -3.41. The van der Waals surface area contributed by atoms with Crippen molar-refractivity contribution < 1.29 is 53.8 Å². The number of carboxylic acid groups (broad SMARTS) is 4. The second-order valence-electron chi connectivity index (χ2n) is 10.3. The predicted octanol–water partition coefficient (Wildman–Crippen LogP) is -1.02. The summed E-state index contributed by atoms with van der Waals surface area (Å²) in [5, 5.41) is 38.1. The Balaban J connectivity index is 2.23. The van der Waals surface area contributed by atoms with Gasteiger partial charge in [-0.3, -0.25) is 43.8 Å². The molecule has 1 aromatic rings. The molecular formula is C28H45N5O11. The molecule has 0 aromatic carbocycles. The lowest BCUT2D eigenvalue weighted by Crippen LogP contribution is -2.53. The van der Waals surface area contributed by atoms with E-state index in [9.17, 15) is 39.6 Å². The highest BCUT2D eigenvalue weighted by Gasteiger charge is 2.27. The third kappa shape index (κ3) is 15.9. The number of aliphatic carboxylic acids is 4. The predicted molar refractivity (Wildman–Crippen MR) is 156 cm³/mol. The van der Waals surface area contributed by atoms with Crippen molar-refractivity contribution in [3.63, 3.8) is 0 Å². The Morgan fingerprint density at radius 2 is 1.25 bits per heavy atom. The highest BCUT2D eigenvalue weighted by atomic mass is 16.5. The molecule has 4 N–H and O–H groups in total. The van der Waals surface area contributed by atoms with Crippen LogP contribution in [0, 0.1) is 0 Å². The van der Waals surface area contributed by atoms with Crippen LogP contribution >= 0.6 is 0 Å². The molecule has 0 radical (unpaired) electrons. The number of nitrogens with zero attached hydrogens (tertiary/aromatic N) is 5. The zero-order valence-corrected chi connectivity index (χ0v) is 25.2. The van der Waals surface area contributed by atoms with E-state index in [2.05, 4.69) is 4.98 Å². The van der Waals surface area contributed by atoms with Crippen molar-refractivity contribution in [3.8, 4) is 5.75 Å². The summed E-state index contributed by atoms with van der Waals surface area (Å²) in [5.41, 5.74) is 0.628. The first-order chi connectivity index (χ1) is 21.0. The van der Waals surface area contributed by atoms with Crippen LogP contribution in [0.5, 0.6) is 5.75 Å². The zero-order valence-electron chi connectivity index (χ0n) is 25.2. The molecule has 0 spiro atoms. The van der Waals surface area contributed by atoms with Crippen molar-refractivity contribution in [2.75, 3.05) is 105 Å². The van der Waals surface area contributed by atoms with E-state index < -0.39 is 29.9 Å². The number of carboxylic acids is 4. The van der Waals surface area contributed by atoms with Crippen molar-refractivity contribution in [3.05, 3.63) is 24.0 Å². The van der Waals surface area contributed by atoms with E-state index in [0.717, 1.165) is 0 Å². The van der Waals surface area contributed by atoms with Gasteiger partial charge in [-0.05, 0) is 19.1 Å². The number of pyridine rings is 1. The summed E-state index contributed by atoms with van der Waals surface area (Å²) in [6, 6.07) is 3.00. The SMILES string of the molecule is CCOCCOCCOc1ccc(C[C@H]2CN(CC(=O)O)CCN(CC(=O)O)CCN(CC(=O)O)CCN2CC(=O)O)nc1. The molecule has 16 nitrogen and oxygen atoms in total. The van der Waals surface area contributed by atoms with Crippen LogP contribution in [-0.2, 0) is 35.1 Å². The van der Waals surface area contributed by atoms with Gasteiger partial charge in [0, 0.05) is 70.6 Å². The molecule has 1 aliphatic heterocycles. The molecule has 44 heavy (non-hydrogen) atoms. The maximum Gasteiger partial charge on any atom is 0.317 e. The molecule has 1 aromatic heterocycles. The quantitative estimate of drug-likeness (QED) is 0.144. The first-order valence-electron chi connectivity index (χ1n) is 14.6. The minimum atomic E-state index is -1.08. The summed E-state index contributed by atoms with van der Waals surface area (Å²) >= 11 is 0. The average molecular weight is 628 g/mol. The summed E-state index contributed by atoms with van der Waals surface area (Å²) in [5.74, 6) is -3.73. The van der Waals surface area contributed by atoms with Gasteiger partial charge in [0.15, 0.2) is 0 Å². The highest BCUT2D eigenvalue weighted by molar-refractivity contribution is 5.70. The number of hydrogen-bond donors (Lipinski definition) is 4. The third-order valence-corrected chi connectivity index (χ3v) is 6.88. The molecule has 1 aliphatic rings. The molecule has 0 unspecified atom stereocenters. The van der Waals surface area contributed by atoms with Gasteiger partial charge in [0.2, 0.25) is 0 Å². The highest BCUT2D eigenvalue weighted by Crippen LogP contribution is 2.15. The van der Waals surface area contributed by atoms with Gasteiger partial charge in [0.1, 0.15) is 12.4 Å². The van der Waals surface area contributed by atoms with E-state index in [0.29, 0.717) is 44.5 Å². The summed E-state index contributed by atoms with van der Waals surface area (Å²) < 4.78 is 16.3. The molecule has 0 saturated carbocycles. The molecule has 0 bridgehead atoms. The lowest BCUT2D eigenvalue weighted by Gasteiger charge is -2.37. The molecule has 1 saturated heterocycles. The van der Waals surface area contributed by atoms with Crippen molar-refractivity contribution in [1.29, 1.82) is 0 Å². The first kappa shape index (κ1) is 36.8. The summed E-state index contributed by atoms with van der Waals surface area (Å²) in [6.45, 7) is 4.45. The summed E-state index contributed by atoms with van der Waals surface area (Å²) in [7, 11) is 0. The van der Waals surface area contributed by atoms with Gasteiger partial charge < -0.3 is 34.6 Å². The van der Waals surface area contributed by atoms with E-state index in [1.54, 1.807) is 37.9 Å². The molecular weight excluding hydrogens is 582 g/mol. The molecule has 0 aliphatic carbocycles. The fourth-order valence-corrected chi connectivity index (χ4v) is 4.80.